The molecule has 1 aliphatic rings. The Labute approximate surface area is 188 Å². The molecule has 1 fully saturated rings. The lowest BCUT2D eigenvalue weighted by Crippen LogP contribution is -2.33. The van der Waals surface area contributed by atoms with Crippen molar-refractivity contribution in [2.45, 2.75) is 19.4 Å². The van der Waals surface area contributed by atoms with E-state index in [-0.39, 0.29) is 18.4 Å². The number of anilines is 3. The standard InChI is InChI=1S/C26H27N3O3/c1-32-22-15-13-21(14-16-22)28(18-20-8-3-2-4-9-20)19-25(30)27-23-10-5-6-11-24(23)29-17-7-12-26(29)31/h2-6,8-11,13-16H,7,12,17-19H2,1H3,(H,27,30). The van der Waals surface area contributed by atoms with Gasteiger partial charge in [-0.1, -0.05) is 42.5 Å². The first-order chi connectivity index (χ1) is 15.6. The van der Waals surface area contributed by atoms with Crippen molar-refractivity contribution in [1.29, 1.82) is 0 Å². The summed E-state index contributed by atoms with van der Waals surface area (Å²) in [5.74, 6) is 0.716. The normalized spacial score (nSPS) is 13.2. The van der Waals surface area contributed by atoms with Gasteiger partial charge in [0.1, 0.15) is 5.75 Å². The second kappa shape index (κ2) is 10.0. The molecular weight excluding hydrogens is 402 g/mol. The number of para-hydroxylation sites is 2. The first-order valence-corrected chi connectivity index (χ1v) is 10.8. The fourth-order valence-corrected chi connectivity index (χ4v) is 3.92. The van der Waals surface area contributed by atoms with Gasteiger partial charge in [0.05, 0.1) is 25.0 Å². The highest BCUT2D eigenvalue weighted by Gasteiger charge is 2.24. The lowest BCUT2D eigenvalue weighted by atomic mass is 10.2. The highest BCUT2D eigenvalue weighted by atomic mass is 16.5. The van der Waals surface area contributed by atoms with Gasteiger partial charge in [-0.15, -0.1) is 0 Å². The van der Waals surface area contributed by atoms with E-state index in [2.05, 4.69) is 5.32 Å². The Morgan fingerprint density at radius 2 is 1.72 bits per heavy atom. The van der Waals surface area contributed by atoms with Crippen LogP contribution in [-0.4, -0.2) is 32.0 Å². The predicted octanol–water partition coefficient (Wildman–Crippen LogP) is 4.47. The third kappa shape index (κ3) is 5.09. The van der Waals surface area contributed by atoms with Crippen molar-refractivity contribution in [2.75, 3.05) is 35.3 Å². The molecule has 1 aliphatic heterocycles. The molecule has 6 nitrogen and oxygen atoms in total. The molecule has 0 atom stereocenters. The molecule has 0 aliphatic carbocycles. The minimum absolute atomic E-state index is 0.0932. The number of hydrogen-bond acceptors (Lipinski definition) is 4. The van der Waals surface area contributed by atoms with Crippen molar-refractivity contribution in [3.05, 3.63) is 84.4 Å². The first kappa shape index (κ1) is 21.4. The lowest BCUT2D eigenvalue weighted by molar-refractivity contribution is -0.117. The van der Waals surface area contributed by atoms with Crippen LogP contribution in [-0.2, 0) is 16.1 Å². The van der Waals surface area contributed by atoms with E-state index in [1.54, 1.807) is 12.0 Å². The van der Waals surface area contributed by atoms with E-state index in [9.17, 15) is 9.59 Å². The summed E-state index contributed by atoms with van der Waals surface area (Å²) in [6.07, 6.45) is 1.38. The molecule has 0 spiro atoms. The van der Waals surface area contributed by atoms with Crippen LogP contribution in [0.5, 0.6) is 5.75 Å². The molecule has 3 aromatic carbocycles. The zero-order valence-corrected chi connectivity index (χ0v) is 18.2. The highest BCUT2D eigenvalue weighted by molar-refractivity contribution is 6.03. The molecule has 0 radical (unpaired) electrons. The number of hydrogen-bond donors (Lipinski definition) is 1. The van der Waals surface area contributed by atoms with Crippen LogP contribution in [0.1, 0.15) is 18.4 Å². The summed E-state index contributed by atoms with van der Waals surface area (Å²) in [5, 5.41) is 3.02. The van der Waals surface area contributed by atoms with Gasteiger partial charge in [-0.05, 0) is 48.4 Å². The van der Waals surface area contributed by atoms with Crippen LogP contribution < -0.4 is 19.9 Å². The van der Waals surface area contributed by atoms with Crippen LogP contribution in [0.4, 0.5) is 17.1 Å². The molecule has 4 rings (SSSR count). The van der Waals surface area contributed by atoms with E-state index in [4.69, 9.17) is 4.74 Å². The van der Waals surface area contributed by atoms with Crippen molar-refractivity contribution in [1.82, 2.24) is 0 Å². The summed E-state index contributed by atoms with van der Waals surface area (Å²) in [6.45, 7) is 1.44. The first-order valence-electron chi connectivity index (χ1n) is 10.8. The number of nitrogens with zero attached hydrogens (tertiary/aromatic N) is 2. The summed E-state index contributed by atoms with van der Waals surface area (Å²) in [5.41, 5.74) is 3.44. The fourth-order valence-electron chi connectivity index (χ4n) is 3.92. The molecule has 0 unspecified atom stereocenters. The van der Waals surface area contributed by atoms with Gasteiger partial charge < -0.3 is 19.9 Å². The average molecular weight is 430 g/mol. The molecular formula is C26H27N3O3. The van der Waals surface area contributed by atoms with Crippen LogP contribution in [0.15, 0.2) is 78.9 Å². The average Bonchev–Trinajstić information content (AvgIpc) is 3.25. The quantitative estimate of drug-likeness (QED) is 0.574. The molecule has 1 heterocycles. The lowest BCUT2D eigenvalue weighted by Gasteiger charge is -2.25. The van der Waals surface area contributed by atoms with E-state index in [0.717, 1.165) is 29.1 Å². The summed E-state index contributed by atoms with van der Waals surface area (Å²) in [7, 11) is 1.63. The Morgan fingerprint density at radius 1 is 1.00 bits per heavy atom. The van der Waals surface area contributed by atoms with Crippen molar-refractivity contribution < 1.29 is 14.3 Å². The number of nitrogens with one attached hydrogen (secondary N) is 1. The van der Waals surface area contributed by atoms with Crippen LogP contribution in [0.3, 0.4) is 0 Å². The van der Waals surface area contributed by atoms with Gasteiger partial charge in [0.2, 0.25) is 11.8 Å². The van der Waals surface area contributed by atoms with Gasteiger partial charge in [-0.3, -0.25) is 9.59 Å². The van der Waals surface area contributed by atoms with Gasteiger partial charge in [-0.25, -0.2) is 0 Å². The Hall–Kier alpha value is -3.80. The maximum absolute atomic E-state index is 13.1. The van der Waals surface area contributed by atoms with Crippen LogP contribution in [0.25, 0.3) is 0 Å². The molecule has 1 saturated heterocycles. The molecule has 3 aromatic rings. The third-order valence-corrected chi connectivity index (χ3v) is 5.53. The SMILES string of the molecule is COc1ccc(N(CC(=O)Nc2ccccc2N2CCCC2=O)Cc2ccccc2)cc1. The summed E-state index contributed by atoms with van der Waals surface area (Å²) >= 11 is 0. The van der Waals surface area contributed by atoms with E-state index < -0.39 is 0 Å². The third-order valence-electron chi connectivity index (χ3n) is 5.53. The number of ether oxygens (including phenoxy) is 1. The van der Waals surface area contributed by atoms with Crippen molar-refractivity contribution >= 4 is 28.9 Å². The second-order valence-corrected chi connectivity index (χ2v) is 7.75. The summed E-state index contributed by atoms with van der Waals surface area (Å²) < 4.78 is 5.27. The Balaban J connectivity index is 1.53. The van der Waals surface area contributed by atoms with E-state index in [0.29, 0.717) is 25.2 Å². The number of carbonyl (C=O) groups excluding carboxylic acids is 2. The van der Waals surface area contributed by atoms with Gasteiger partial charge in [0.15, 0.2) is 0 Å². The van der Waals surface area contributed by atoms with Crippen LogP contribution in [0, 0.1) is 0 Å². The zero-order valence-electron chi connectivity index (χ0n) is 18.2. The van der Waals surface area contributed by atoms with E-state index in [1.165, 1.54) is 0 Å². The Kier molecular flexibility index (Phi) is 6.70. The highest BCUT2D eigenvalue weighted by Crippen LogP contribution is 2.29. The summed E-state index contributed by atoms with van der Waals surface area (Å²) in [6, 6.07) is 25.2. The van der Waals surface area contributed by atoms with Gasteiger partial charge >= 0.3 is 0 Å². The van der Waals surface area contributed by atoms with E-state index in [1.807, 2.05) is 83.8 Å². The van der Waals surface area contributed by atoms with Gasteiger partial charge in [0, 0.05) is 25.2 Å². The number of methoxy groups -OCH3 is 1. The molecule has 32 heavy (non-hydrogen) atoms. The Bertz CT molecular complexity index is 1070. The van der Waals surface area contributed by atoms with Crippen molar-refractivity contribution in [2.24, 2.45) is 0 Å². The van der Waals surface area contributed by atoms with Gasteiger partial charge in [0.25, 0.3) is 0 Å². The van der Waals surface area contributed by atoms with Crippen molar-refractivity contribution in [3.8, 4) is 5.75 Å². The smallest absolute Gasteiger partial charge is 0.243 e. The van der Waals surface area contributed by atoms with E-state index >= 15 is 0 Å². The fraction of sp³-hybridized carbons (Fsp3) is 0.231. The van der Waals surface area contributed by atoms with Gasteiger partial charge in [-0.2, -0.15) is 0 Å². The molecule has 6 heteroatoms. The second-order valence-electron chi connectivity index (χ2n) is 7.75. The number of carbonyl (C=O) groups is 2. The molecule has 0 saturated carbocycles. The predicted molar refractivity (Wildman–Crippen MR) is 127 cm³/mol. The number of amides is 2. The molecule has 164 valence electrons. The summed E-state index contributed by atoms with van der Waals surface area (Å²) in [4.78, 5) is 29.1. The maximum atomic E-state index is 13.1. The number of benzene rings is 3. The van der Waals surface area contributed by atoms with Crippen LogP contribution >= 0.6 is 0 Å². The molecule has 2 amide bonds. The minimum Gasteiger partial charge on any atom is -0.497 e. The monoisotopic (exact) mass is 429 g/mol. The van der Waals surface area contributed by atoms with Crippen LogP contribution in [0.2, 0.25) is 0 Å². The maximum Gasteiger partial charge on any atom is 0.243 e. The molecule has 0 aromatic heterocycles. The largest absolute Gasteiger partial charge is 0.497 e. The van der Waals surface area contributed by atoms with Crippen molar-refractivity contribution in [3.63, 3.8) is 0 Å². The zero-order chi connectivity index (χ0) is 22.3. The molecule has 0 bridgehead atoms. The topological polar surface area (TPSA) is 61.9 Å². The molecule has 1 N–H and O–H groups in total. The number of rotatable bonds is 8. The minimum atomic E-state index is -0.143. The Morgan fingerprint density at radius 3 is 2.41 bits per heavy atom.